The molecule has 5 heteroatoms. The lowest BCUT2D eigenvalue weighted by Gasteiger charge is -2.30. The maximum atomic E-state index is 11.1. The average molecular weight is 253 g/mol. The molecule has 0 bridgehead atoms. The number of nitrogens with two attached hydrogens (primary N) is 2. The molecular formula is C12H19N3OS. The van der Waals surface area contributed by atoms with Gasteiger partial charge in [0.25, 0.3) is 0 Å². The standard InChI is InChI=1S/C12H19N3OS/c13-6-11(5-12(14)16)15(10-1-2-10)7-9-3-4-17-8-9/h3-4,8,10-11H,1-2,5-7,13H2,(H2,14,16). The van der Waals surface area contributed by atoms with Crippen molar-refractivity contribution in [2.45, 2.75) is 37.9 Å². The van der Waals surface area contributed by atoms with Crippen molar-refractivity contribution in [1.29, 1.82) is 0 Å². The van der Waals surface area contributed by atoms with Gasteiger partial charge in [0, 0.05) is 31.6 Å². The Morgan fingerprint density at radius 3 is 2.82 bits per heavy atom. The van der Waals surface area contributed by atoms with Gasteiger partial charge in [-0.1, -0.05) is 0 Å². The van der Waals surface area contributed by atoms with E-state index in [0.717, 1.165) is 6.54 Å². The van der Waals surface area contributed by atoms with Gasteiger partial charge in [0.05, 0.1) is 0 Å². The fourth-order valence-electron chi connectivity index (χ4n) is 2.12. The second-order valence-electron chi connectivity index (χ2n) is 4.60. The molecule has 0 radical (unpaired) electrons. The van der Waals surface area contributed by atoms with Gasteiger partial charge in [-0.15, -0.1) is 0 Å². The Balaban J connectivity index is 2.02. The zero-order chi connectivity index (χ0) is 12.3. The molecule has 1 aromatic rings. The lowest BCUT2D eigenvalue weighted by atomic mass is 10.1. The second-order valence-corrected chi connectivity index (χ2v) is 5.38. The molecular weight excluding hydrogens is 234 g/mol. The molecule has 1 atom stereocenters. The van der Waals surface area contributed by atoms with Crippen LogP contribution in [0.4, 0.5) is 0 Å². The highest BCUT2D eigenvalue weighted by Gasteiger charge is 2.33. The molecule has 4 nitrogen and oxygen atoms in total. The summed E-state index contributed by atoms with van der Waals surface area (Å²) in [6.45, 7) is 1.37. The number of hydrogen-bond acceptors (Lipinski definition) is 4. The summed E-state index contributed by atoms with van der Waals surface area (Å²) in [5.41, 5.74) is 12.3. The first-order chi connectivity index (χ1) is 8.20. The van der Waals surface area contributed by atoms with E-state index in [1.54, 1.807) is 11.3 Å². The van der Waals surface area contributed by atoms with E-state index in [4.69, 9.17) is 11.5 Å². The van der Waals surface area contributed by atoms with Crippen LogP contribution < -0.4 is 11.5 Å². The highest BCUT2D eigenvalue weighted by molar-refractivity contribution is 7.07. The summed E-state index contributed by atoms with van der Waals surface area (Å²) in [7, 11) is 0. The minimum Gasteiger partial charge on any atom is -0.370 e. The highest BCUT2D eigenvalue weighted by atomic mass is 32.1. The first-order valence-corrected chi connectivity index (χ1v) is 6.90. The average Bonchev–Trinajstić information content (AvgIpc) is 3.01. The van der Waals surface area contributed by atoms with Gasteiger partial charge < -0.3 is 11.5 Å². The van der Waals surface area contributed by atoms with Crippen LogP contribution in [0.2, 0.25) is 0 Å². The molecule has 1 heterocycles. The van der Waals surface area contributed by atoms with Crippen molar-refractivity contribution >= 4 is 17.2 Å². The van der Waals surface area contributed by atoms with Crippen LogP contribution in [0.3, 0.4) is 0 Å². The minimum absolute atomic E-state index is 0.0832. The SMILES string of the molecule is NCC(CC(N)=O)N(Cc1ccsc1)C1CC1. The second kappa shape index (κ2) is 5.62. The Bertz CT molecular complexity index is 362. The molecule has 4 N–H and O–H groups in total. The third-order valence-corrected chi connectivity index (χ3v) is 3.87. The predicted molar refractivity (Wildman–Crippen MR) is 69.5 cm³/mol. The summed E-state index contributed by atoms with van der Waals surface area (Å²) in [6.07, 6.45) is 2.77. The Morgan fingerprint density at radius 1 is 1.59 bits per heavy atom. The molecule has 0 aromatic carbocycles. The molecule has 1 fully saturated rings. The van der Waals surface area contributed by atoms with Crippen molar-refractivity contribution in [3.63, 3.8) is 0 Å². The lowest BCUT2D eigenvalue weighted by Crippen LogP contribution is -2.43. The number of rotatable bonds is 7. The lowest BCUT2D eigenvalue weighted by molar-refractivity contribution is -0.119. The van der Waals surface area contributed by atoms with Gasteiger partial charge >= 0.3 is 0 Å². The minimum atomic E-state index is -0.267. The Hall–Kier alpha value is -0.910. The van der Waals surface area contributed by atoms with Gasteiger partial charge in [-0.3, -0.25) is 9.69 Å². The topological polar surface area (TPSA) is 72.3 Å². The molecule has 0 aliphatic heterocycles. The summed E-state index contributed by atoms with van der Waals surface area (Å²) in [4.78, 5) is 13.4. The zero-order valence-electron chi connectivity index (χ0n) is 9.84. The summed E-state index contributed by atoms with van der Waals surface area (Å²) in [6, 6.07) is 2.79. The number of carbonyl (C=O) groups excluding carboxylic acids is 1. The number of amides is 1. The molecule has 0 saturated heterocycles. The summed E-state index contributed by atoms with van der Waals surface area (Å²) >= 11 is 1.70. The predicted octanol–water partition coefficient (Wildman–Crippen LogP) is 0.915. The van der Waals surface area contributed by atoms with Crippen molar-refractivity contribution < 1.29 is 4.79 Å². The van der Waals surface area contributed by atoms with E-state index in [0.29, 0.717) is 19.0 Å². The van der Waals surface area contributed by atoms with E-state index in [9.17, 15) is 4.79 Å². The van der Waals surface area contributed by atoms with Gasteiger partial charge in [0.2, 0.25) is 5.91 Å². The number of thiophene rings is 1. The molecule has 1 amide bonds. The van der Waals surface area contributed by atoms with E-state index in [-0.39, 0.29) is 11.9 Å². The first-order valence-electron chi connectivity index (χ1n) is 5.96. The molecule has 1 aliphatic rings. The normalized spacial score (nSPS) is 17.3. The number of nitrogens with zero attached hydrogens (tertiary/aromatic N) is 1. The molecule has 17 heavy (non-hydrogen) atoms. The van der Waals surface area contributed by atoms with Crippen molar-refractivity contribution in [2.24, 2.45) is 11.5 Å². The van der Waals surface area contributed by atoms with Crippen molar-refractivity contribution in [3.05, 3.63) is 22.4 Å². The largest absolute Gasteiger partial charge is 0.370 e. The van der Waals surface area contributed by atoms with Crippen molar-refractivity contribution in [3.8, 4) is 0 Å². The van der Waals surface area contributed by atoms with E-state index in [2.05, 4.69) is 21.7 Å². The van der Waals surface area contributed by atoms with Crippen molar-refractivity contribution in [1.82, 2.24) is 4.90 Å². The number of hydrogen-bond donors (Lipinski definition) is 2. The fourth-order valence-corrected chi connectivity index (χ4v) is 2.78. The van der Waals surface area contributed by atoms with Crippen LogP contribution in [-0.4, -0.2) is 29.4 Å². The Kier molecular flexibility index (Phi) is 4.15. The first kappa shape index (κ1) is 12.5. The summed E-state index contributed by atoms with van der Waals surface area (Å²) < 4.78 is 0. The van der Waals surface area contributed by atoms with E-state index < -0.39 is 0 Å². The molecule has 1 unspecified atom stereocenters. The monoisotopic (exact) mass is 253 g/mol. The quantitative estimate of drug-likeness (QED) is 0.759. The maximum Gasteiger partial charge on any atom is 0.219 e. The van der Waals surface area contributed by atoms with Gasteiger partial charge in [0.1, 0.15) is 0 Å². The van der Waals surface area contributed by atoms with Crippen LogP contribution in [-0.2, 0) is 11.3 Å². The van der Waals surface area contributed by atoms with E-state index in [1.807, 2.05) is 0 Å². The third kappa shape index (κ3) is 3.52. The van der Waals surface area contributed by atoms with Crippen molar-refractivity contribution in [2.75, 3.05) is 6.54 Å². The van der Waals surface area contributed by atoms with E-state index >= 15 is 0 Å². The van der Waals surface area contributed by atoms with Crippen LogP contribution in [0.1, 0.15) is 24.8 Å². The highest BCUT2D eigenvalue weighted by Crippen LogP contribution is 2.31. The zero-order valence-corrected chi connectivity index (χ0v) is 10.7. The fraction of sp³-hybridized carbons (Fsp3) is 0.583. The molecule has 1 saturated carbocycles. The summed E-state index contributed by atoms with van der Waals surface area (Å²) in [5.74, 6) is -0.267. The molecule has 94 valence electrons. The van der Waals surface area contributed by atoms with Crippen LogP contribution in [0, 0.1) is 0 Å². The van der Waals surface area contributed by atoms with Crippen LogP contribution in [0.5, 0.6) is 0 Å². The number of primary amides is 1. The smallest absolute Gasteiger partial charge is 0.219 e. The summed E-state index contributed by atoms with van der Waals surface area (Å²) in [5, 5.41) is 4.22. The third-order valence-electron chi connectivity index (χ3n) is 3.14. The van der Waals surface area contributed by atoms with Crippen LogP contribution in [0.15, 0.2) is 16.8 Å². The molecule has 1 aliphatic carbocycles. The molecule has 1 aromatic heterocycles. The van der Waals surface area contributed by atoms with Gasteiger partial charge in [-0.25, -0.2) is 0 Å². The van der Waals surface area contributed by atoms with Gasteiger partial charge in [0.15, 0.2) is 0 Å². The van der Waals surface area contributed by atoms with Crippen LogP contribution >= 0.6 is 11.3 Å². The maximum absolute atomic E-state index is 11.1. The van der Waals surface area contributed by atoms with Crippen LogP contribution in [0.25, 0.3) is 0 Å². The van der Waals surface area contributed by atoms with Gasteiger partial charge in [-0.2, -0.15) is 11.3 Å². The molecule has 0 spiro atoms. The number of carbonyl (C=O) groups is 1. The molecule has 2 rings (SSSR count). The van der Waals surface area contributed by atoms with Gasteiger partial charge in [-0.05, 0) is 35.2 Å². The van der Waals surface area contributed by atoms with E-state index in [1.165, 1.54) is 18.4 Å². The Morgan fingerprint density at radius 2 is 2.35 bits per heavy atom. The Labute approximate surface area is 106 Å².